The molecular weight excluding hydrogens is 366 g/mol. The lowest BCUT2D eigenvalue weighted by molar-refractivity contribution is 0.598. The molecule has 3 N–H and O–H groups in total. The van der Waals surface area contributed by atoms with Crippen molar-refractivity contribution < 1.29 is 17.2 Å². The van der Waals surface area contributed by atoms with Crippen LogP contribution in [0.25, 0.3) is 0 Å². The zero-order chi connectivity index (χ0) is 15.8. The number of rotatable bonds is 3. The number of hydrogen-bond donors (Lipinski definition) is 2. The van der Waals surface area contributed by atoms with Gasteiger partial charge in [-0.05, 0) is 58.7 Å². The number of sulfonamides is 1. The summed E-state index contributed by atoms with van der Waals surface area (Å²) in [6.07, 6.45) is 0. The van der Waals surface area contributed by atoms with E-state index in [-0.39, 0.29) is 26.3 Å². The van der Waals surface area contributed by atoms with Crippen LogP contribution in [0.1, 0.15) is 5.56 Å². The van der Waals surface area contributed by atoms with E-state index in [1.807, 2.05) is 0 Å². The van der Waals surface area contributed by atoms with E-state index in [9.17, 15) is 17.2 Å². The summed E-state index contributed by atoms with van der Waals surface area (Å²) in [5.41, 5.74) is 5.46. The Balaban J connectivity index is 2.43. The Morgan fingerprint density at radius 2 is 1.86 bits per heavy atom. The Bertz CT molecular complexity index is 787. The van der Waals surface area contributed by atoms with E-state index in [1.165, 1.54) is 19.1 Å². The van der Waals surface area contributed by atoms with Gasteiger partial charge in [-0.2, -0.15) is 0 Å². The largest absolute Gasteiger partial charge is 0.396 e. The molecule has 0 saturated heterocycles. The fraction of sp³-hybridized carbons (Fsp3) is 0.0769. The summed E-state index contributed by atoms with van der Waals surface area (Å²) in [6.45, 7) is 1.42. The van der Waals surface area contributed by atoms with Crippen LogP contribution in [0.2, 0.25) is 0 Å². The van der Waals surface area contributed by atoms with Crippen LogP contribution in [0.5, 0.6) is 0 Å². The van der Waals surface area contributed by atoms with E-state index in [0.717, 1.165) is 18.2 Å². The molecule has 0 bridgehead atoms. The molecule has 2 rings (SSSR count). The fourth-order valence-electron chi connectivity index (χ4n) is 1.69. The average molecular weight is 377 g/mol. The summed E-state index contributed by atoms with van der Waals surface area (Å²) < 4.78 is 53.5. The molecule has 0 heterocycles. The maximum atomic E-state index is 13.4. The van der Waals surface area contributed by atoms with E-state index in [4.69, 9.17) is 5.73 Å². The van der Waals surface area contributed by atoms with Gasteiger partial charge < -0.3 is 5.73 Å². The smallest absolute Gasteiger partial charge is 0.262 e. The van der Waals surface area contributed by atoms with Gasteiger partial charge in [0.15, 0.2) is 0 Å². The monoisotopic (exact) mass is 376 g/mol. The number of aryl methyl sites for hydroxylation is 1. The first-order chi connectivity index (χ1) is 9.70. The Morgan fingerprint density at radius 3 is 2.43 bits per heavy atom. The molecule has 0 atom stereocenters. The second-order valence-corrected chi connectivity index (χ2v) is 6.91. The molecular formula is C13H11BrF2N2O2S. The summed E-state index contributed by atoms with van der Waals surface area (Å²) in [5, 5.41) is 0. The van der Waals surface area contributed by atoms with Crippen molar-refractivity contribution in [3.63, 3.8) is 0 Å². The Kier molecular flexibility index (Phi) is 4.20. The molecule has 0 aliphatic heterocycles. The van der Waals surface area contributed by atoms with Crippen LogP contribution < -0.4 is 10.5 Å². The zero-order valence-corrected chi connectivity index (χ0v) is 13.2. The maximum Gasteiger partial charge on any atom is 0.262 e. The number of nitrogen functional groups attached to an aromatic ring is 1. The van der Waals surface area contributed by atoms with Crippen molar-refractivity contribution in [1.29, 1.82) is 0 Å². The molecule has 0 fully saturated rings. The molecule has 0 unspecified atom stereocenters. The van der Waals surface area contributed by atoms with Crippen LogP contribution in [0.15, 0.2) is 39.7 Å². The van der Waals surface area contributed by atoms with E-state index in [0.29, 0.717) is 0 Å². The van der Waals surface area contributed by atoms with Gasteiger partial charge in [0.1, 0.15) is 11.6 Å². The van der Waals surface area contributed by atoms with Crippen molar-refractivity contribution in [3.8, 4) is 0 Å². The second kappa shape index (κ2) is 5.61. The van der Waals surface area contributed by atoms with Crippen LogP contribution in [0.3, 0.4) is 0 Å². The lowest BCUT2D eigenvalue weighted by atomic mass is 10.2. The third-order valence-corrected chi connectivity index (χ3v) is 4.74. The van der Waals surface area contributed by atoms with Gasteiger partial charge in [0.2, 0.25) is 0 Å². The van der Waals surface area contributed by atoms with E-state index < -0.39 is 21.7 Å². The van der Waals surface area contributed by atoms with Gasteiger partial charge in [-0.3, -0.25) is 4.72 Å². The van der Waals surface area contributed by atoms with Gasteiger partial charge in [-0.25, -0.2) is 17.2 Å². The van der Waals surface area contributed by atoms with Crippen LogP contribution in [0.4, 0.5) is 20.2 Å². The van der Waals surface area contributed by atoms with Gasteiger partial charge >= 0.3 is 0 Å². The molecule has 0 spiro atoms. The molecule has 2 aromatic rings. The van der Waals surface area contributed by atoms with Crippen molar-refractivity contribution in [2.75, 3.05) is 10.5 Å². The van der Waals surface area contributed by atoms with E-state index in [1.54, 1.807) is 0 Å². The minimum absolute atomic E-state index is 0.119. The lowest BCUT2D eigenvalue weighted by Gasteiger charge is -2.11. The van der Waals surface area contributed by atoms with Crippen LogP contribution >= 0.6 is 15.9 Å². The predicted octanol–water partition coefficient (Wildman–Crippen LogP) is 3.42. The summed E-state index contributed by atoms with van der Waals surface area (Å²) in [6, 6.07) is 5.72. The number of nitrogens with one attached hydrogen (secondary N) is 1. The molecule has 0 amide bonds. The lowest BCUT2D eigenvalue weighted by Crippen LogP contribution is -2.14. The minimum atomic E-state index is -3.96. The number of benzene rings is 2. The van der Waals surface area contributed by atoms with Crippen LogP contribution in [0, 0.1) is 18.6 Å². The number of nitrogens with two attached hydrogens (primary N) is 1. The molecule has 0 aromatic heterocycles. The normalized spacial score (nSPS) is 11.4. The fourth-order valence-corrected chi connectivity index (χ4v) is 3.47. The molecule has 0 aliphatic rings. The van der Waals surface area contributed by atoms with E-state index in [2.05, 4.69) is 20.7 Å². The first kappa shape index (κ1) is 15.7. The standard InChI is InChI=1S/C13H11BrF2N2O2S/c1-7-4-9(6-11(17)13(7)16)21(19,20)18-12-3-2-8(15)5-10(12)14/h2-6,18H,17H2,1H3. The molecule has 0 aliphatic carbocycles. The van der Waals surface area contributed by atoms with Gasteiger partial charge in [0, 0.05) is 4.47 Å². The third kappa shape index (κ3) is 3.33. The van der Waals surface area contributed by atoms with Gasteiger partial charge in [-0.15, -0.1) is 0 Å². The highest BCUT2D eigenvalue weighted by Crippen LogP contribution is 2.27. The topological polar surface area (TPSA) is 72.2 Å². The third-order valence-electron chi connectivity index (χ3n) is 2.74. The molecule has 0 radical (unpaired) electrons. The van der Waals surface area contributed by atoms with Crippen molar-refractivity contribution in [2.45, 2.75) is 11.8 Å². The van der Waals surface area contributed by atoms with Gasteiger partial charge in [-0.1, -0.05) is 0 Å². The highest BCUT2D eigenvalue weighted by molar-refractivity contribution is 9.10. The Hall–Kier alpha value is -1.67. The number of anilines is 2. The SMILES string of the molecule is Cc1cc(S(=O)(=O)Nc2ccc(F)cc2Br)cc(N)c1F. The zero-order valence-electron chi connectivity index (χ0n) is 10.8. The Morgan fingerprint density at radius 1 is 1.19 bits per heavy atom. The molecule has 2 aromatic carbocycles. The summed E-state index contributed by atoms with van der Waals surface area (Å²) >= 11 is 3.06. The van der Waals surface area contributed by atoms with E-state index >= 15 is 0 Å². The second-order valence-electron chi connectivity index (χ2n) is 4.37. The predicted molar refractivity (Wildman–Crippen MR) is 80.5 cm³/mol. The summed E-state index contributed by atoms with van der Waals surface area (Å²) in [4.78, 5) is -0.171. The highest BCUT2D eigenvalue weighted by Gasteiger charge is 2.18. The number of halogens is 3. The minimum Gasteiger partial charge on any atom is -0.396 e. The Labute approximate surface area is 129 Å². The first-order valence-corrected chi connectivity index (χ1v) is 8.02. The van der Waals surface area contributed by atoms with Crippen LogP contribution in [-0.2, 0) is 10.0 Å². The number of hydrogen-bond acceptors (Lipinski definition) is 3. The van der Waals surface area contributed by atoms with Gasteiger partial charge in [0.25, 0.3) is 10.0 Å². The molecule has 4 nitrogen and oxygen atoms in total. The van der Waals surface area contributed by atoms with Crippen molar-refractivity contribution in [3.05, 3.63) is 52.0 Å². The quantitative estimate of drug-likeness (QED) is 0.806. The van der Waals surface area contributed by atoms with Crippen molar-refractivity contribution >= 4 is 37.3 Å². The van der Waals surface area contributed by atoms with Crippen molar-refractivity contribution in [1.82, 2.24) is 0 Å². The molecule has 0 saturated carbocycles. The molecule has 8 heteroatoms. The molecule has 21 heavy (non-hydrogen) atoms. The van der Waals surface area contributed by atoms with Crippen LogP contribution in [-0.4, -0.2) is 8.42 Å². The maximum absolute atomic E-state index is 13.4. The molecule has 112 valence electrons. The average Bonchev–Trinajstić information content (AvgIpc) is 2.38. The summed E-state index contributed by atoms with van der Waals surface area (Å²) in [7, 11) is -3.96. The van der Waals surface area contributed by atoms with Gasteiger partial charge in [0.05, 0.1) is 16.3 Å². The summed E-state index contributed by atoms with van der Waals surface area (Å²) in [5.74, 6) is -1.16. The first-order valence-electron chi connectivity index (χ1n) is 5.74. The highest BCUT2D eigenvalue weighted by atomic mass is 79.9. The van der Waals surface area contributed by atoms with Crippen molar-refractivity contribution in [2.24, 2.45) is 0 Å².